The fourth-order valence-corrected chi connectivity index (χ4v) is 4.13. The van der Waals surface area contributed by atoms with Crippen LogP contribution in [0, 0.1) is 0 Å². The summed E-state index contributed by atoms with van der Waals surface area (Å²) in [6.45, 7) is 10.6. The van der Waals surface area contributed by atoms with Crippen LogP contribution in [0.25, 0.3) is 11.3 Å². The fourth-order valence-electron chi connectivity index (χ4n) is 4.13. The van der Waals surface area contributed by atoms with E-state index < -0.39 is 17.7 Å². The minimum absolute atomic E-state index is 0.283. The summed E-state index contributed by atoms with van der Waals surface area (Å²) >= 11 is 0. The predicted octanol–water partition coefficient (Wildman–Crippen LogP) is 4.57. The van der Waals surface area contributed by atoms with Crippen LogP contribution in [0.2, 0.25) is 0 Å². The molecule has 3 rings (SSSR count). The first kappa shape index (κ1) is 26.4. The van der Waals surface area contributed by atoms with Gasteiger partial charge in [-0.25, -0.2) is 9.59 Å². The van der Waals surface area contributed by atoms with Gasteiger partial charge in [-0.2, -0.15) is 5.10 Å². The molecule has 1 aliphatic rings. The lowest BCUT2D eigenvalue weighted by atomic mass is 9.88. The number of benzene rings is 1. The maximum atomic E-state index is 12.7. The average molecular weight is 487 g/mol. The van der Waals surface area contributed by atoms with Gasteiger partial charge in [-0.15, -0.1) is 0 Å². The molecule has 1 atom stereocenters. The summed E-state index contributed by atoms with van der Waals surface area (Å²) in [6, 6.07) is 4.41. The van der Waals surface area contributed by atoms with Crippen molar-refractivity contribution < 1.29 is 23.8 Å². The summed E-state index contributed by atoms with van der Waals surface area (Å²) in [6.07, 6.45) is 2.56. The first-order valence-electron chi connectivity index (χ1n) is 12.2. The topological polar surface area (TPSA) is 104 Å². The van der Waals surface area contributed by atoms with Gasteiger partial charge in [0, 0.05) is 30.3 Å². The number of nitrogens with zero attached hydrogens (tertiary/aromatic N) is 2. The number of anilines is 1. The van der Waals surface area contributed by atoms with Crippen LogP contribution in [0.1, 0.15) is 69.1 Å². The van der Waals surface area contributed by atoms with E-state index >= 15 is 0 Å². The average Bonchev–Trinajstić information content (AvgIpc) is 3.18. The van der Waals surface area contributed by atoms with Crippen molar-refractivity contribution in [3.05, 3.63) is 29.0 Å². The Morgan fingerprint density at radius 1 is 1.20 bits per heavy atom. The van der Waals surface area contributed by atoms with Crippen molar-refractivity contribution in [1.82, 2.24) is 15.1 Å². The molecule has 0 bridgehead atoms. The molecule has 0 saturated heterocycles. The van der Waals surface area contributed by atoms with Crippen LogP contribution in [0.15, 0.2) is 12.1 Å². The number of nitrogens with one attached hydrogen (secondary N) is 2. The number of carbonyl (C=O) groups excluding carboxylic acids is 2. The number of carbonyl (C=O) groups is 2. The molecule has 1 aliphatic carbocycles. The van der Waals surface area contributed by atoms with Crippen molar-refractivity contribution in [2.75, 3.05) is 26.1 Å². The molecule has 0 spiro atoms. The molecule has 1 heterocycles. The van der Waals surface area contributed by atoms with Gasteiger partial charge in [0.15, 0.2) is 0 Å². The maximum absolute atomic E-state index is 12.7. The summed E-state index contributed by atoms with van der Waals surface area (Å²) in [7, 11) is 3.05. The molecule has 9 nitrogen and oxygen atoms in total. The Labute approximate surface area is 207 Å². The minimum atomic E-state index is -0.554. The lowest BCUT2D eigenvalue weighted by molar-refractivity contribution is 0.0522. The predicted molar refractivity (Wildman–Crippen MR) is 135 cm³/mol. The van der Waals surface area contributed by atoms with Crippen molar-refractivity contribution in [1.29, 1.82) is 0 Å². The van der Waals surface area contributed by atoms with Crippen molar-refractivity contribution in [3.63, 3.8) is 0 Å². The molecule has 2 N–H and O–H groups in total. The van der Waals surface area contributed by atoms with Gasteiger partial charge in [-0.3, -0.25) is 4.68 Å². The summed E-state index contributed by atoms with van der Waals surface area (Å²) in [4.78, 5) is 24.6. The second-order valence-electron chi connectivity index (χ2n) is 9.84. The van der Waals surface area contributed by atoms with Gasteiger partial charge >= 0.3 is 12.1 Å². The molecule has 0 saturated carbocycles. The maximum Gasteiger partial charge on any atom is 0.407 e. The van der Waals surface area contributed by atoms with E-state index in [9.17, 15) is 9.59 Å². The molecule has 2 aromatic rings. The first-order chi connectivity index (χ1) is 16.6. The number of alkyl carbamates (subject to hydrolysis) is 1. The summed E-state index contributed by atoms with van der Waals surface area (Å²) in [5.41, 5.74) is 4.64. The van der Waals surface area contributed by atoms with Crippen LogP contribution in [-0.2, 0) is 28.9 Å². The molecule has 1 aromatic heterocycles. The van der Waals surface area contributed by atoms with E-state index in [4.69, 9.17) is 19.3 Å². The monoisotopic (exact) mass is 486 g/mol. The Balaban J connectivity index is 1.88. The molecule has 0 radical (unpaired) electrons. The minimum Gasteiger partial charge on any atom is -0.495 e. The van der Waals surface area contributed by atoms with Crippen LogP contribution in [0.4, 0.5) is 10.5 Å². The number of ether oxygens (including phenoxy) is 3. The van der Waals surface area contributed by atoms with Gasteiger partial charge in [0.1, 0.15) is 17.0 Å². The Hall–Kier alpha value is -3.23. The second-order valence-corrected chi connectivity index (χ2v) is 9.84. The van der Waals surface area contributed by atoms with Crippen LogP contribution in [0.5, 0.6) is 5.75 Å². The highest BCUT2D eigenvalue weighted by Crippen LogP contribution is 2.40. The van der Waals surface area contributed by atoms with Crippen molar-refractivity contribution in [2.45, 2.75) is 78.5 Å². The highest BCUT2D eigenvalue weighted by molar-refractivity contribution is 5.92. The highest BCUT2D eigenvalue weighted by atomic mass is 16.6. The third-order valence-corrected chi connectivity index (χ3v) is 5.98. The summed E-state index contributed by atoms with van der Waals surface area (Å²) < 4.78 is 17.7. The van der Waals surface area contributed by atoms with E-state index in [1.54, 1.807) is 11.8 Å². The van der Waals surface area contributed by atoms with Crippen molar-refractivity contribution in [2.24, 2.45) is 0 Å². The van der Waals surface area contributed by atoms with Gasteiger partial charge in [0.25, 0.3) is 0 Å². The van der Waals surface area contributed by atoms with Crippen LogP contribution in [-0.4, -0.2) is 54.3 Å². The molecule has 192 valence electrons. The number of aryl methyl sites for hydroxylation is 2. The Morgan fingerprint density at radius 3 is 2.57 bits per heavy atom. The molecule has 35 heavy (non-hydrogen) atoms. The van der Waals surface area contributed by atoms with Gasteiger partial charge in [-0.05, 0) is 71.1 Å². The SMILES string of the molecule is CCC(C)Nc1cc2c(cc1OC)CCc1c-2nn(CCCNC(=O)OC(C)(C)C)c1C(=O)OC. The largest absolute Gasteiger partial charge is 0.495 e. The normalized spacial score (nSPS) is 13.3. The van der Waals surface area contributed by atoms with Crippen molar-refractivity contribution in [3.8, 4) is 17.0 Å². The van der Waals surface area contributed by atoms with Crippen LogP contribution >= 0.6 is 0 Å². The van der Waals surface area contributed by atoms with E-state index in [0.717, 1.165) is 46.7 Å². The molecule has 1 aromatic carbocycles. The van der Waals surface area contributed by atoms with E-state index in [0.29, 0.717) is 31.6 Å². The number of fused-ring (bicyclic) bond motifs is 3. The number of rotatable bonds is 9. The van der Waals surface area contributed by atoms with E-state index in [2.05, 4.69) is 36.6 Å². The zero-order valence-corrected chi connectivity index (χ0v) is 21.9. The zero-order chi connectivity index (χ0) is 25.8. The van der Waals surface area contributed by atoms with E-state index in [1.165, 1.54) is 7.11 Å². The third kappa shape index (κ3) is 6.26. The lowest BCUT2D eigenvalue weighted by Crippen LogP contribution is -2.33. The molecule has 1 amide bonds. The molecule has 1 unspecified atom stereocenters. The van der Waals surface area contributed by atoms with Crippen LogP contribution < -0.4 is 15.4 Å². The Morgan fingerprint density at radius 2 is 1.94 bits per heavy atom. The Kier molecular flexibility index (Phi) is 8.30. The highest BCUT2D eigenvalue weighted by Gasteiger charge is 2.30. The number of aromatic nitrogens is 2. The smallest absolute Gasteiger partial charge is 0.407 e. The van der Waals surface area contributed by atoms with Crippen molar-refractivity contribution >= 4 is 17.7 Å². The molecule has 0 aliphatic heterocycles. The standard InChI is InChI=1S/C26H38N4O5/c1-8-16(2)28-20-15-19-17(14-21(20)33-6)10-11-18-22(19)29-30(23(18)24(31)34-7)13-9-12-27-25(32)35-26(3,4)5/h14-16,28H,8-13H2,1-7H3,(H,27,32). The van der Waals surface area contributed by atoms with Gasteiger partial charge in [0.2, 0.25) is 0 Å². The summed E-state index contributed by atoms with van der Waals surface area (Å²) in [5.74, 6) is 0.391. The van der Waals surface area contributed by atoms with E-state index in [1.807, 2.05) is 20.8 Å². The zero-order valence-electron chi connectivity index (χ0n) is 21.9. The van der Waals surface area contributed by atoms with Gasteiger partial charge in [-0.1, -0.05) is 6.92 Å². The number of esters is 1. The second kappa shape index (κ2) is 11.0. The van der Waals surface area contributed by atoms with E-state index in [-0.39, 0.29) is 6.04 Å². The number of hydrogen-bond donors (Lipinski definition) is 2. The molecule has 0 fully saturated rings. The van der Waals surface area contributed by atoms with Gasteiger partial charge < -0.3 is 24.8 Å². The quantitative estimate of drug-likeness (QED) is 0.395. The number of amides is 1. The molecular formula is C26H38N4O5. The fraction of sp³-hybridized carbons (Fsp3) is 0.577. The Bertz CT molecular complexity index is 1070. The first-order valence-corrected chi connectivity index (χ1v) is 12.2. The summed E-state index contributed by atoms with van der Waals surface area (Å²) in [5, 5.41) is 11.1. The number of hydrogen-bond acceptors (Lipinski definition) is 7. The number of methoxy groups -OCH3 is 2. The van der Waals surface area contributed by atoms with Gasteiger partial charge in [0.05, 0.1) is 25.6 Å². The third-order valence-electron chi connectivity index (χ3n) is 5.98. The molecular weight excluding hydrogens is 448 g/mol. The van der Waals surface area contributed by atoms with Crippen LogP contribution in [0.3, 0.4) is 0 Å². The molecule has 9 heteroatoms. The lowest BCUT2D eigenvalue weighted by Gasteiger charge is -2.21.